The fraction of sp³-hybridized carbons (Fsp3) is 0.793. The first-order valence-corrected chi connectivity index (χ1v) is 13.4. The lowest BCUT2D eigenvalue weighted by molar-refractivity contribution is 0.520. The van der Waals surface area contributed by atoms with Gasteiger partial charge >= 0.3 is 0 Å². The molecule has 0 bridgehead atoms. The molecular formula is C29H54. The predicted molar refractivity (Wildman–Crippen MR) is 136 cm³/mol. The van der Waals surface area contributed by atoms with Crippen LogP contribution in [-0.4, -0.2) is 0 Å². The van der Waals surface area contributed by atoms with E-state index >= 15 is 0 Å². The number of allylic oxidation sites excluding steroid dienone is 5. The molecule has 0 saturated carbocycles. The van der Waals surface area contributed by atoms with Crippen LogP contribution in [0.3, 0.4) is 0 Å². The van der Waals surface area contributed by atoms with E-state index in [-0.39, 0.29) is 0 Å². The van der Waals surface area contributed by atoms with E-state index in [1.165, 1.54) is 141 Å². The van der Waals surface area contributed by atoms with E-state index in [2.05, 4.69) is 31.7 Å². The Morgan fingerprint density at radius 3 is 1.10 bits per heavy atom. The van der Waals surface area contributed by atoms with Crippen molar-refractivity contribution in [2.75, 3.05) is 0 Å². The fourth-order valence-corrected chi connectivity index (χ4v) is 4.01. The summed E-state index contributed by atoms with van der Waals surface area (Å²) in [5.74, 6) is 0. The molecule has 0 amide bonds. The molecule has 0 aliphatic carbocycles. The van der Waals surface area contributed by atoms with E-state index in [1.807, 2.05) is 12.2 Å². The third-order valence-corrected chi connectivity index (χ3v) is 5.97. The number of hydrogen-bond acceptors (Lipinski definition) is 0. The van der Waals surface area contributed by atoms with E-state index in [9.17, 15) is 0 Å². The summed E-state index contributed by atoms with van der Waals surface area (Å²) in [5.41, 5.74) is 0. The smallest absolute Gasteiger partial charge is 0.0348 e. The molecule has 0 N–H and O–H groups in total. The molecular weight excluding hydrogens is 348 g/mol. The zero-order chi connectivity index (χ0) is 21.1. The van der Waals surface area contributed by atoms with Crippen molar-refractivity contribution >= 4 is 0 Å². The molecule has 0 aliphatic heterocycles. The Morgan fingerprint density at radius 1 is 0.414 bits per heavy atom. The molecule has 0 saturated heterocycles. The van der Waals surface area contributed by atoms with Crippen LogP contribution >= 0.6 is 0 Å². The third-order valence-electron chi connectivity index (χ3n) is 5.97. The van der Waals surface area contributed by atoms with Gasteiger partial charge in [-0.05, 0) is 12.8 Å². The van der Waals surface area contributed by atoms with Crippen LogP contribution < -0.4 is 0 Å². The lowest BCUT2D eigenvalue weighted by atomic mass is 10.0. The Hall–Kier alpha value is -0.780. The minimum absolute atomic E-state index is 1.22. The van der Waals surface area contributed by atoms with Gasteiger partial charge in [0.25, 0.3) is 0 Å². The molecule has 0 heteroatoms. The Morgan fingerprint density at radius 2 is 0.759 bits per heavy atom. The molecule has 0 unspecified atom stereocenters. The largest absolute Gasteiger partial charge is 0.0991 e. The second-order valence-corrected chi connectivity index (χ2v) is 8.91. The van der Waals surface area contributed by atoms with Crippen molar-refractivity contribution in [3.63, 3.8) is 0 Å². The van der Waals surface area contributed by atoms with Crippen LogP contribution in [0.5, 0.6) is 0 Å². The molecule has 0 radical (unpaired) electrons. The van der Waals surface area contributed by atoms with Crippen molar-refractivity contribution in [3.05, 3.63) is 37.0 Å². The highest BCUT2D eigenvalue weighted by atomic mass is 14.0. The highest BCUT2D eigenvalue weighted by molar-refractivity contribution is 5.08. The first-order valence-electron chi connectivity index (χ1n) is 13.4. The van der Waals surface area contributed by atoms with Gasteiger partial charge in [0.1, 0.15) is 0 Å². The number of hydrogen-bond donors (Lipinski definition) is 0. The van der Waals surface area contributed by atoms with Crippen LogP contribution in [0, 0.1) is 0 Å². The van der Waals surface area contributed by atoms with Crippen LogP contribution in [0.15, 0.2) is 37.0 Å². The highest BCUT2D eigenvalue weighted by Gasteiger charge is 1.95. The topological polar surface area (TPSA) is 0 Å². The molecule has 0 heterocycles. The second-order valence-electron chi connectivity index (χ2n) is 8.91. The normalized spacial score (nSPS) is 11.8. The molecule has 0 nitrogen and oxygen atoms in total. The molecule has 0 fully saturated rings. The van der Waals surface area contributed by atoms with Gasteiger partial charge in [-0.25, -0.2) is 0 Å². The van der Waals surface area contributed by atoms with E-state index in [1.54, 1.807) is 0 Å². The standard InChI is InChI=1S/C29H54/c1-3-5-7-9-11-13-15-17-19-21-23-25-27-29-28-26-24-22-20-18-16-14-12-10-8-6-4-2/h3,5,7,9,11H,1,4,6,8,10,12-29H2,2H3/b7-5+,11-9+. The Labute approximate surface area is 185 Å². The van der Waals surface area contributed by atoms with Crippen LogP contribution in [0.4, 0.5) is 0 Å². The monoisotopic (exact) mass is 402 g/mol. The zero-order valence-electron chi connectivity index (χ0n) is 20.2. The Bertz CT molecular complexity index is 349. The fourth-order valence-electron chi connectivity index (χ4n) is 4.01. The van der Waals surface area contributed by atoms with Gasteiger partial charge in [0.05, 0.1) is 0 Å². The maximum atomic E-state index is 3.67. The molecule has 0 atom stereocenters. The van der Waals surface area contributed by atoms with Crippen molar-refractivity contribution in [2.24, 2.45) is 0 Å². The van der Waals surface area contributed by atoms with E-state index in [4.69, 9.17) is 0 Å². The molecule has 0 aromatic carbocycles. The molecule has 0 aromatic heterocycles. The van der Waals surface area contributed by atoms with Gasteiger partial charge in [0, 0.05) is 0 Å². The van der Waals surface area contributed by atoms with E-state index in [0.29, 0.717) is 0 Å². The maximum absolute atomic E-state index is 3.67. The van der Waals surface area contributed by atoms with Crippen LogP contribution in [0.1, 0.15) is 148 Å². The summed E-state index contributed by atoms with van der Waals surface area (Å²) in [6, 6.07) is 0. The van der Waals surface area contributed by atoms with Gasteiger partial charge in [0.2, 0.25) is 0 Å². The van der Waals surface area contributed by atoms with Crippen molar-refractivity contribution in [1.29, 1.82) is 0 Å². The van der Waals surface area contributed by atoms with Crippen molar-refractivity contribution in [2.45, 2.75) is 148 Å². The van der Waals surface area contributed by atoms with Crippen LogP contribution in [-0.2, 0) is 0 Å². The lowest BCUT2D eigenvalue weighted by Crippen LogP contribution is -1.84. The van der Waals surface area contributed by atoms with Gasteiger partial charge < -0.3 is 0 Å². The summed E-state index contributed by atoms with van der Waals surface area (Å²) < 4.78 is 0. The molecule has 0 aromatic rings. The third kappa shape index (κ3) is 27.2. The second kappa shape index (κ2) is 27.2. The summed E-state index contributed by atoms with van der Waals surface area (Å²) in [6.07, 6.45) is 42.0. The minimum Gasteiger partial charge on any atom is -0.0991 e. The number of unbranched alkanes of at least 4 members (excludes halogenated alkanes) is 21. The van der Waals surface area contributed by atoms with Gasteiger partial charge in [-0.2, -0.15) is 0 Å². The minimum atomic E-state index is 1.22. The summed E-state index contributed by atoms with van der Waals surface area (Å²) >= 11 is 0. The average molecular weight is 403 g/mol. The van der Waals surface area contributed by atoms with Gasteiger partial charge in [0.15, 0.2) is 0 Å². The van der Waals surface area contributed by atoms with Gasteiger partial charge in [-0.15, -0.1) is 0 Å². The molecule has 0 rings (SSSR count). The van der Waals surface area contributed by atoms with Crippen LogP contribution in [0.2, 0.25) is 0 Å². The van der Waals surface area contributed by atoms with Crippen molar-refractivity contribution < 1.29 is 0 Å². The molecule has 29 heavy (non-hydrogen) atoms. The van der Waals surface area contributed by atoms with E-state index in [0.717, 1.165) is 0 Å². The zero-order valence-corrected chi connectivity index (χ0v) is 20.2. The van der Waals surface area contributed by atoms with Gasteiger partial charge in [-0.1, -0.05) is 172 Å². The summed E-state index contributed by atoms with van der Waals surface area (Å²) in [5, 5.41) is 0. The van der Waals surface area contributed by atoms with Crippen molar-refractivity contribution in [3.8, 4) is 0 Å². The summed E-state index contributed by atoms with van der Waals surface area (Å²) in [7, 11) is 0. The molecule has 0 spiro atoms. The van der Waals surface area contributed by atoms with E-state index < -0.39 is 0 Å². The number of rotatable bonds is 24. The Kier molecular flexibility index (Phi) is 26.5. The summed E-state index contributed by atoms with van der Waals surface area (Å²) in [6.45, 7) is 5.97. The van der Waals surface area contributed by atoms with Crippen LogP contribution in [0.25, 0.3) is 0 Å². The van der Waals surface area contributed by atoms with Gasteiger partial charge in [-0.3, -0.25) is 0 Å². The summed E-state index contributed by atoms with van der Waals surface area (Å²) in [4.78, 5) is 0. The SMILES string of the molecule is C=C/C=C/C=C/CCCCCCCCCCCCCCCCCCCCCCC. The maximum Gasteiger partial charge on any atom is -0.0348 e. The molecule has 170 valence electrons. The average Bonchev–Trinajstić information content (AvgIpc) is 2.74. The quantitative estimate of drug-likeness (QED) is 0.111. The lowest BCUT2D eigenvalue weighted by Gasteiger charge is -2.04. The highest BCUT2D eigenvalue weighted by Crippen LogP contribution is 2.15. The predicted octanol–water partition coefficient (Wildman–Crippen LogP) is 10.9. The van der Waals surface area contributed by atoms with Crippen molar-refractivity contribution in [1.82, 2.24) is 0 Å². The molecule has 0 aliphatic rings. The Balaban J connectivity index is 3.04. The first kappa shape index (κ1) is 28.2. The first-order chi connectivity index (χ1) is 14.4.